The molecule has 0 amide bonds. The molecule has 1 heterocycles. The molecule has 23 heavy (non-hydrogen) atoms. The van der Waals surface area contributed by atoms with Crippen LogP contribution in [0.5, 0.6) is 17.2 Å². The number of benzene rings is 2. The lowest BCUT2D eigenvalue weighted by atomic mass is 9.89. The van der Waals surface area contributed by atoms with E-state index >= 15 is 0 Å². The average molecular weight is 313 g/mol. The molecule has 1 aliphatic rings. The smallest absolute Gasteiger partial charge is 0.160 e. The van der Waals surface area contributed by atoms with E-state index in [2.05, 4.69) is 24.1 Å². The SMILES string of the molecule is COc1ccc2c(c1)CCN(C)[C@H]2Cc1ccc(OC)c(O)c1. The van der Waals surface area contributed by atoms with Crippen molar-refractivity contribution < 1.29 is 14.6 Å². The molecule has 0 radical (unpaired) electrons. The number of nitrogens with zero attached hydrogens (tertiary/aromatic N) is 1. The van der Waals surface area contributed by atoms with Gasteiger partial charge in [-0.2, -0.15) is 0 Å². The van der Waals surface area contributed by atoms with Crippen LogP contribution < -0.4 is 9.47 Å². The minimum absolute atomic E-state index is 0.193. The van der Waals surface area contributed by atoms with E-state index in [0.29, 0.717) is 11.8 Å². The second-order valence-electron chi connectivity index (χ2n) is 6.02. The highest BCUT2D eigenvalue weighted by Crippen LogP contribution is 2.35. The van der Waals surface area contributed by atoms with E-state index in [1.807, 2.05) is 18.2 Å². The van der Waals surface area contributed by atoms with Crippen molar-refractivity contribution in [2.24, 2.45) is 0 Å². The van der Waals surface area contributed by atoms with Crippen LogP contribution in [0.25, 0.3) is 0 Å². The molecule has 0 aliphatic carbocycles. The Morgan fingerprint density at radius 1 is 1.13 bits per heavy atom. The summed E-state index contributed by atoms with van der Waals surface area (Å²) in [6.07, 6.45) is 1.89. The van der Waals surface area contributed by atoms with Gasteiger partial charge in [0.2, 0.25) is 0 Å². The van der Waals surface area contributed by atoms with Crippen LogP contribution in [0.1, 0.15) is 22.7 Å². The Bertz CT molecular complexity index is 699. The molecule has 0 spiro atoms. The monoisotopic (exact) mass is 313 g/mol. The summed E-state index contributed by atoms with van der Waals surface area (Å²) in [5.41, 5.74) is 3.80. The van der Waals surface area contributed by atoms with Crippen LogP contribution in [0, 0.1) is 0 Å². The molecule has 4 heteroatoms. The van der Waals surface area contributed by atoms with Gasteiger partial charge in [0.25, 0.3) is 0 Å². The van der Waals surface area contributed by atoms with Crippen molar-refractivity contribution in [3.63, 3.8) is 0 Å². The molecule has 0 bridgehead atoms. The second-order valence-corrected chi connectivity index (χ2v) is 6.02. The highest BCUT2D eigenvalue weighted by atomic mass is 16.5. The first-order chi connectivity index (χ1) is 11.1. The predicted octanol–water partition coefficient (Wildman–Crippen LogP) is 3.18. The molecule has 2 aromatic carbocycles. The number of rotatable bonds is 4. The zero-order chi connectivity index (χ0) is 16.4. The van der Waals surface area contributed by atoms with Crippen molar-refractivity contribution in [1.29, 1.82) is 0 Å². The molecule has 3 rings (SSSR count). The van der Waals surface area contributed by atoms with Crippen LogP contribution in [0.2, 0.25) is 0 Å². The summed E-state index contributed by atoms with van der Waals surface area (Å²) in [7, 11) is 5.42. The summed E-state index contributed by atoms with van der Waals surface area (Å²) in [5.74, 6) is 1.61. The van der Waals surface area contributed by atoms with E-state index < -0.39 is 0 Å². The van der Waals surface area contributed by atoms with E-state index in [4.69, 9.17) is 9.47 Å². The quantitative estimate of drug-likeness (QED) is 0.941. The van der Waals surface area contributed by atoms with Gasteiger partial charge in [0.05, 0.1) is 14.2 Å². The fourth-order valence-electron chi connectivity index (χ4n) is 3.29. The van der Waals surface area contributed by atoms with E-state index in [0.717, 1.165) is 30.7 Å². The van der Waals surface area contributed by atoms with Crippen molar-refractivity contribution >= 4 is 0 Å². The Morgan fingerprint density at radius 3 is 2.65 bits per heavy atom. The van der Waals surface area contributed by atoms with Gasteiger partial charge in [0.1, 0.15) is 5.75 Å². The van der Waals surface area contributed by atoms with E-state index in [-0.39, 0.29) is 5.75 Å². The van der Waals surface area contributed by atoms with Gasteiger partial charge in [-0.05, 0) is 60.8 Å². The van der Waals surface area contributed by atoms with Gasteiger partial charge in [-0.3, -0.25) is 4.90 Å². The normalized spacial score (nSPS) is 17.6. The fourth-order valence-corrected chi connectivity index (χ4v) is 3.29. The van der Waals surface area contributed by atoms with E-state index in [1.54, 1.807) is 20.3 Å². The first-order valence-corrected chi connectivity index (χ1v) is 7.85. The second kappa shape index (κ2) is 6.50. The summed E-state index contributed by atoms with van der Waals surface area (Å²) in [5, 5.41) is 10.00. The van der Waals surface area contributed by atoms with Crippen molar-refractivity contribution in [1.82, 2.24) is 4.90 Å². The maximum atomic E-state index is 10.00. The topological polar surface area (TPSA) is 41.9 Å². The van der Waals surface area contributed by atoms with Crippen molar-refractivity contribution in [3.05, 3.63) is 53.1 Å². The first kappa shape index (κ1) is 15.7. The highest BCUT2D eigenvalue weighted by molar-refractivity contribution is 5.44. The third-order valence-corrected chi connectivity index (χ3v) is 4.65. The van der Waals surface area contributed by atoms with Crippen LogP contribution >= 0.6 is 0 Å². The molecule has 1 N–H and O–H groups in total. The highest BCUT2D eigenvalue weighted by Gasteiger charge is 2.25. The molecule has 122 valence electrons. The lowest BCUT2D eigenvalue weighted by Gasteiger charge is -2.35. The summed E-state index contributed by atoms with van der Waals surface area (Å²) < 4.78 is 10.5. The lowest BCUT2D eigenvalue weighted by molar-refractivity contribution is 0.229. The minimum atomic E-state index is 0.193. The lowest BCUT2D eigenvalue weighted by Crippen LogP contribution is -2.33. The predicted molar refractivity (Wildman–Crippen MR) is 90.4 cm³/mol. The maximum absolute atomic E-state index is 10.00. The van der Waals surface area contributed by atoms with Crippen LogP contribution in [0.3, 0.4) is 0 Å². The van der Waals surface area contributed by atoms with Crippen LogP contribution in [-0.4, -0.2) is 37.8 Å². The average Bonchev–Trinajstić information content (AvgIpc) is 2.57. The number of phenolic OH excluding ortho intramolecular Hbond substituents is 1. The molecule has 0 aromatic heterocycles. The molecule has 1 atom stereocenters. The van der Waals surface area contributed by atoms with Gasteiger partial charge in [0.15, 0.2) is 11.5 Å². The largest absolute Gasteiger partial charge is 0.504 e. The molecular weight excluding hydrogens is 290 g/mol. The number of fused-ring (bicyclic) bond motifs is 1. The van der Waals surface area contributed by atoms with Crippen LogP contribution in [0.4, 0.5) is 0 Å². The summed E-state index contributed by atoms with van der Waals surface area (Å²) in [6.45, 7) is 1.02. The number of likely N-dealkylation sites (N-methyl/N-ethyl adjacent to an activating group) is 1. The van der Waals surface area contributed by atoms with E-state index in [1.165, 1.54) is 11.1 Å². The number of ether oxygens (including phenoxy) is 2. The number of methoxy groups -OCH3 is 2. The Kier molecular flexibility index (Phi) is 4.44. The van der Waals surface area contributed by atoms with Gasteiger partial charge in [-0.1, -0.05) is 12.1 Å². The Morgan fingerprint density at radius 2 is 1.96 bits per heavy atom. The summed E-state index contributed by atoms with van der Waals surface area (Å²) in [4.78, 5) is 2.37. The van der Waals surface area contributed by atoms with Gasteiger partial charge < -0.3 is 14.6 Å². The van der Waals surface area contributed by atoms with Gasteiger partial charge in [0, 0.05) is 12.6 Å². The van der Waals surface area contributed by atoms with Gasteiger partial charge in [-0.25, -0.2) is 0 Å². The number of aromatic hydroxyl groups is 1. The first-order valence-electron chi connectivity index (χ1n) is 7.85. The van der Waals surface area contributed by atoms with Crippen LogP contribution in [-0.2, 0) is 12.8 Å². The molecule has 1 aliphatic heterocycles. The molecule has 0 saturated heterocycles. The molecule has 4 nitrogen and oxygen atoms in total. The number of hydrogen-bond donors (Lipinski definition) is 1. The molecule has 0 fully saturated rings. The number of hydrogen-bond acceptors (Lipinski definition) is 4. The van der Waals surface area contributed by atoms with Crippen molar-refractivity contribution in [2.75, 3.05) is 27.8 Å². The van der Waals surface area contributed by atoms with Gasteiger partial charge >= 0.3 is 0 Å². The van der Waals surface area contributed by atoms with Crippen molar-refractivity contribution in [3.8, 4) is 17.2 Å². The van der Waals surface area contributed by atoms with Gasteiger partial charge in [-0.15, -0.1) is 0 Å². The standard InChI is InChI=1S/C19H23NO3/c1-20-9-8-14-12-15(22-2)5-6-16(14)17(20)10-13-4-7-19(23-3)18(21)11-13/h4-7,11-12,17,21H,8-10H2,1-3H3/t17-/m0/s1. The molecule has 0 unspecified atom stereocenters. The van der Waals surface area contributed by atoms with Crippen molar-refractivity contribution in [2.45, 2.75) is 18.9 Å². The molecule has 0 saturated carbocycles. The summed E-state index contributed by atoms with van der Waals surface area (Å²) in [6, 6.07) is 12.3. The molecule has 2 aromatic rings. The maximum Gasteiger partial charge on any atom is 0.160 e. The Balaban J connectivity index is 1.89. The van der Waals surface area contributed by atoms with Crippen LogP contribution in [0.15, 0.2) is 36.4 Å². The summed E-state index contributed by atoms with van der Waals surface area (Å²) >= 11 is 0. The van der Waals surface area contributed by atoms with E-state index in [9.17, 15) is 5.11 Å². The number of phenols is 1. The molecular formula is C19H23NO3. The Hall–Kier alpha value is -2.20. The zero-order valence-corrected chi connectivity index (χ0v) is 13.9. The third-order valence-electron chi connectivity index (χ3n) is 4.65. The zero-order valence-electron chi connectivity index (χ0n) is 13.9. The third kappa shape index (κ3) is 3.13. The minimum Gasteiger partial charge on any atom is -0.504 e. The Labute approximate surface area is 137 Å². The fraction of sp³-hybridized carbons (Fsp3) is 0.368.